The van der Waals surface area contributed by atoms with Crippen LogP contribution in [0.4, 0.5) is 5.69 Å². The first-order valence-corrected chi connectivity index (χ1v) is 11.6. The van der Waals surface area contributed by atoms with Crippen LogP contribution < -0.4 is 9.64 Å². The van der Waals surface area contributed by atoms with Crippen LogP contribution in [0.25, 0.3) is 6.08 Å². The molecule has 0 saturated heterocycles. The van der Waals surface area contributed by atoms with Crippen molar-refractivity contribution in [3.05, 3.63) is 102 Å². The summed E-state index contributed by atoms with van der Waals surface area (Å²) in [5.74, 6) is 0.996. The van der Waals surface area contributed by atoms with Crippen LogP contribution in [0.3, 0.4) is 0 Å². The van der Waals surface area contributed by atoms with Crippen molar-refractivity contribution >= 4 is 17.7 Å². The van der Waals surface area contributed by atoms with Gasteiger partial charge in [0.25, 0.3) is 0 Å². The average Bonchev–Trinajstić information content (AvgIpc) is 2.81. The number of ether oxygens (including phenoxy) is 1. The molecule has 5 rings (SSSR count). The molecule has 0 radical (unpaired) electrons. The minimum atomic E-state index is -0.146. The molecule has 4 atom stereocenters. The summed E-state index contributed by atoms with van der Waals surface area (Å²) in [4.78, 5) is 15.4. The SMILES string of the molecule is CCN(CC)c1ccc2c(c1)OC(=O)[C@@H]1[C@@H](/C=C/c3ccccc3)[C@@H](c3ccccc3)[C@H]21. The van der Waals surface area contributed by atoms with E-state index in [2.05, 4.69) is 79.4 Å². The van der Waals surface area contributed by atoms with Gasteiger partial charge >= 0.3 is 5.97 Å². The summed E-state index contributed by atoms with van der Waals surface area (Å²) in [6.45, 7) is 6.14. The fourth-order valence-electron chi connectivity index (χ4n) is 5.45. The van der Waals surface area contributed by atoms with Crippen LogP contribution in [0.1, 0.15) is 42.4 Å². The van der Waals surface area contributed by atoms with Crippen LogP contribution in [0.15, 0.2) is 84.9 Å². The maximum atomic E-state index is 13.2. The van der Waals surface area contributed by atoms with Crippen molar-refractivity contribution in [2.45, 2.75) is 25.7 Å². The first-order valence-electron chi connectivity index (χ1n) is 11.6. The highest BCUT2D eigenvalue weighted by Crippen LogP contribution is 2.62. The predicted octanol–water partition coefficient (Wildman–Crippen LogP) is 6.28. The molecule has 0 aromatic heterocycles. The molecule has 32 heavy (non-hydrogen) atoms. The molecule has 3 aromatic carbocycles. The van der Waals surface area contributed by atoms with Gasteiger partial charge in [-0.05, 0) is 48.4 Å². The lowest BCUT2D eigenvalue weighted by atomic mass is 9.51. The molecule has 3 aromatic rings. The van der Waals surface area contributed by atoms with Crippen LogP contribution >= 0.6 is 0 Å². The lowest BCUT2D eigenvalue weighted by Gasteiger charge is -2.52. The number of fused-ring (bicyclic) bond motifs is 3. The molecular weight excluding hydrogens is 394 g/mol. The molecule has 2 aliphatic rings. The molecule has 162 valence electrons. The summed E-state index contributed by atoms with van der Waals surface area (Å²) in [5, 5.41) is 0. The standard InChI is InChI=1S/C29H29NO2/c1-3-30(4-2)22-16-18-23-25(19-22)32-29(31)28-24(17-15-20-11-7-5-8-12-20)26(27(23)28)21-13-9-6-10-14-21/h5-19,24,26-28H,3-4H2,1-2H3/b17-15+/t24-,26+,27-,28+/m0/s1. The minimum absolute atomic E-state index is 0.103. The smallest absolute Gasteiger partial charge is 0.315 e. The number of hydrogen-bond donors (Lipinski definition) is 0. The molecule has 0 amide bonds. The molecular formula is C29H29NO2. The number of carbonyl (C=O) groups excluding carboxylic acids is 1. The van der Waals surface area contributed by atoms with Gasteiger partial charge < -0.3 is 9.64 Å². The lowest BCUT2D eigenvalue weighted by Crippen LogP contribution is -2.50. The first kappa shape index (κ1) is 20.6. The Morgan fingerprint density at radius 1 is 0.844 bits per heavy atom. The Morgan fingerprint density at radius 2 is 1.53 bits per heavy atom. The molecule has 1 aliphatic carbocycles. The van der Waals surface area contributed by atoms with Crippen molar-refractivity contribution in [1.29, 1.82) is 0 Å². The highest BCUT2D eigenvalue weighted by Gasteiger charge is 2.57. The monoisotopic (exact) mass is 423 g/mol. The van der Waals surface area contributed by atoms with E-state index in [9.17, 15) is 4.79 Å². The van der Waals surface area contributed by atoms with Gasteiger partial charge in [-0.1, -0.05) is 78.9 Å². The molecule has 1 saturated carbocycles. The fourth-order valence-corrected chi connectivity index (χ4v) is 5.45. The summed E-state index contributed by atoms with van der Waals surface area (Å²) >= 11 is 0. The number of nitrogens with zero attached hydrogens (tertiary/aromatic N) is 1. The largest absolute Gasteiger partial charge is 0.426 e. The van der Waals surface area contributed by atoms with E-state index in [0.29, 0.717) is 0 Å². The third kappa shape index (κ3) is 3.52. The molecule has 1 fully saturated rings. The molecule has 0 unspecified atom stereocenters. The van der Waals surface area contributed by atoms with E-state index in [-0.39, 0.29) is 29.6 Å². The van der Waals surface area contributed by atoms with E-state index in [4.69, 9.17) is 4.74 Å². The van der Waals surface area contributed by atoms with Crippen molar-refractivity contribution in [1.82, 2.24) is 0 Å². The Kier molecular flexibility index (Phi) is 5.57. The van der Waals surface area contributed by atoms with E-state index in [1.807, 2.05) is 30.3 Å². The summed E-state index contributed by atoms with van der Waals surface area (Å²) in [6.07, 6.45) is 4.35. The molecule has 0 spiro atoms. The maximum absolute atomic E-state index is 13.2. The van der Waals surface area contributed by atoms with E-state index < -0.39 is 0 Å². The summed E-state index contributed by atoms with van der Waals surface area (Å²) in [7, 11) is 0. The first-order chi connectivity index (χ1) is 15.7. The zero-order chi connectivity index (χ0) is 22.1. The van der Waals surface area contributed by atoms with Crippen molar-refractivity contribution < 1.29 is 9.53 Å². The minimum Gasteiger partial charge on any atom is -0.426 e. The molecule has 3 heteroatoms. The second-order valence-corrected chi connectivity index (χ2v) is 8.65. The quantitative estimate of drug-likeness (QED) is 0.345. The van der Waals surface area contributed by atoms with Crippen molar-refractivity contribution in [3.63, 3.8) is 0 Å². The third-order valence-corrected chi connectivity index (χ3v) is 7.07. The molecule has 1 aliphatic heterocycles. The van der Waals surface area contributed by atoms with Crippen molar-refractivity contribution in [2.75, 3.05) is 18.0 Å². The normalized spacial score (nSPS) is 23.8. The van der Waals surface area contributed by atoms with Gasteiger partial charge in [-0.2, -0.15) is 0 Å². The number of esters is 1. The van der Waals surface area contributed by atoms with Gasteiger partial charge in [0.05, 0.1) is 5.92 Å². The van der Waals surface area contributed by atoms with E-state index in [1.54, 1.807) is 0 Å². The Morgan fingerprint density at radius 3 is 2.22 bits per heavy atom. The van der Waals surface area contributed by atoms with Crippen molar-refractivity contribution in [3.8, 4) is 5.75 Å². The predicted molar refractivity (Wildman–Crippen MR) is 130 cm³/mol. The van der Waals surface area contributed by atoms with Gasteiger partial charge in [0, 0.05) is 30.8 Å². The number of benzene rings is 3. The maximum Gasteiger partial charge on any atom is 0.315 e. The average molecular weight is 424 g/mol. The third-order valence-electron chi connectivity index (χ3n) is 7.07. The topological polar surface area (TPSA) is 29.5 Å². The van der Waals surface area contributed by atoms with Gasteiger partial charge in [0.2, 0.25) is 0 Å². The Labute approximate surface area is 190 Å². The molecule has 3 nitrogen and oxygen atoms in total. The highest BCUT2D eigenvalue weighted by atomic mass is 16.5. The summed E-state index contributed by atoms with van der Waals surface area (Å²) in [6, 6.07) is 27.3. The second-order valence-electron chi connectivity index (χ2n) is 8.65. The molecule has 1 heterocycles. The van der Waals surface area contributed by atoms with Crippen LogP contribution in [-0.4, -0.2) is 19.1 Å². The fraction of sp³-hybridized carbons (Fsp3) is 0.276. The van der Waals surface area contributed by atoms with Gasteiger partial charge in [0.15, 0.2) is 0 Å². The van der Waals surface area contributed by atoms with Gasteiger partial charge in [-0.25, -0.2) is 0 Å². The van der Waals surface area contributed by atoms with Crippen molar-refractivity contribution in [2.24, 2.45) is 11.8 Å². The number of allylic oxidation sites excluding steroid dienone is 1. The van der Waals surface area contributed by atoms with E-state index in [0.717, 1.165) is 35.7 Å². The number of rotatable bonds is 6. The Bertz CT molecular complexity index is 1120. The van der Waals surface area contributed by atoms with E-state index >= 15 is 0 Å². The summed E-state index contributed by atoms with van der Waals surface area (Å²) in [5.41, 5.74) is 4.70. The van der Waals surface area contributed by atoms with Crippen LogP contribution in [0.2, 0.25) is 0 Å². The van der Waals surface area contributed by atoms with E-state index in [1.165, 1.54) is 5.56 Å². The molecule has 0 N–H and O–H groups in total. The van der Waals surface area contributed by atoms with Crippen LogP contribution in [0, 0.1) is 11.8 Å². The zero-order valence-corrected chi connectivity index (χ0v) is 18.6. The highest BCUT2D eigenvalue weighted by molar-refractivity contribution is 5.83. The lowest BCUT2D eigenvalue weighted by molar-refractivity contribution is -0.148. The number of anilines is 1. The number of hydrogen-bond acceptors (Lipinski definition) is 3. The van der Waals surface area contributed by atoms with Gasteiger partial charge in [-0.3, -0.25) is 4.79 Å². The molecule has 0 bridgehead atoms. The summed E-state index contributed by atoms with van der Waals surface area (Å²) < 4.78 is 5.91. The zero-order valence-electron chi connectivity index (χ0n) is 18.6. The van der Waals surface area contributed by atoms with Gasteiger partial charge in [-0.15, -0.1) is 0 Å². The van der Waals surface area contributed by atoms with Gasteiger partial charge in [0.1, 0.15) is 5.75 Å². The van der Waals surface area contributed by atoms with Crippen LogP contribution in [-0.2, 0) is 4.79 Å². The number of carbonyl (C=O) groups is 1. The Balaban J connectivity index is 1.53. The second kappa shape index (κ2) is 8.66. The Hall–Kier alpha value is -3.33. The van der Waals surface area contributed by atoms with Crippen LogP contribution in [0.5, 0.6) is 5.75 Å².